The summed E-state index contributed by atoms with van der Waals surface area (Å²) in [6.07, 6.45) is 6.98. The molecule has 2 aromatic rings. The Balaban J connectivity index is 1.65. The third-order valence-electron chi connectivity index (χ3n) is 4.58. The molecule has 1 aliphatic carbocycles. The van der Waals surface area contributed by atoms with E-state index in [9.17, 15) is 0 Å². The van der Waals surface area contributed by atoms with Crippen LogP contribution in [0.3, 0.4) is 0 Å². The Morgan fingerprint density at radius 1 is 1.36 bits per heavy atom. The van der Waals surface area contributed by atoms with Crippen molar-refractivity contribution in [2.45, 2.75) is 58.6 Å². The zero-order valence-corrected chi connectivity index (χ0v) is 13.9. The van der Waals surface area contributed by atoms with Gasteiger partial charge in [0.2, 0.25) is 0 Å². The normalized spacial score (nSPS) is 22.4. The molecular formula is C18H27N3O. The van der Waals surface area contributed by atoms with E-state index in [1.807, 2.05) is 6.20 Å². The topological polar surface area (TPSA) is 49.9 Å². The number of aryl methyl sites for hydroxylation is 1. The van der Waals surface area contributed by atoms with E-state index in [0.29, 0.717) is 18.1 Å². The molecule has 3 rings (SSSR count). The Morgan fingerprint density at radius 3 is 3.05 bits per heavy atom. The highest BCUT2D eigenvalue weighted by molar-refractivity contribution is 5.83. The van der Waals surface area contributed by atoms with Gasteiger partial charge >= 0.3 is 0 Å². The highest BCUT2D eigenvalue weighted by Gasteiger charge is 2.23. The van der Waals surface area contributed by atoms with Crippen LogP contribution in [0.25, 0.3) is 10.9 Å². The van der Waals surface area contributed by atoms with Crippen molar-refractivity contribution in [3.05, 3.63) is 23.9 Å². The first-order valence-corrected chi connectivity index (χ1v) is 8.46. The standard InChI is InChI=1S/C18H27N3O/c1-12(2)10-19-14-5-4-6-15(9-14)22-18-8-7-17-16(13(18)3)11-20-21-17/h7-8,11-12,14-15,19H,4-6,9-10H2,1-3H3,(H,20,21). The molecule has 22 heavy (non-hydrogen) atoms. The summed E-state index contributed by atoms with van der Waals surface area (Å²) in [5.74, 6) is 1.70. The van der Waals surface area contributed by atoms with Gasteiger partial charge in [0.15, 0.2) is 0 Å². The molecule has 0 spiro atoms. The number of hydrogen-bond acceptors (Lipinski definition) is 3. The fourth-order valence-corrected chi connectivity index (χ4v) is 3.29. The van der Waals surface area contributed by atoms with Crippen LogP contribution in [0.4, 0.5) is 0 Å². The molecule has 120 valence electrons. The Morgan fingerprint density at radius 2 is 2.23 bits per heavy atom. The molecule has 2 atom stereocenters. The van der Waals surface area contributed by atoms with Crippen molar-refractivity contribution in [3.8, 4) is 5.75 Å². The van der Waals surface area contributed by atoms with Gasteiger partial charge in [0.25, 0.3) is 0 Å². The minimum Gasteiger partial charge on any atom is -0.490 e. The lowest BCUT2D eigenvalue weighted by atomic mass is 9.92. The van der Waals surface area contributed by atoms with Gasteiger partial charge in [-0.1, -0.05) is 13.8 Å². The van der Waals surface area contributed by atoms with Crippen LogP contribution in [0.15, 0.2) is 18.3 Å². The molecule has 2 unspecified atom stereocenters. The van der Waals surface area contributed by atoms with Gasteiger partial charge in [-0.2, -0.15) is 5.10 Å². The molecular weight excluding hydrogens is 274 g/mol. The highest BCUT2D eigenvalue weighted by Crippen LogP contribution is 2.30. The lowest BCUT2D eigenvalue weighted by Gasteiger charge is -2.31. The first kappa shape index (κ1) is 15.3. The summed E-state index contributed by atoms with van der Waals surface area (Å²) in [6, 6.07) is 4.72. The molecule has 0 bridgehead atoms. The second-order valence-electron chi connectivity index (χ2n) is 6.93. The molecule has 1 aliphatic rings. The van der Waals surface area contributed by atoms with E-state index in [2.05, 4.69) is 48.4 Å². The van der Waals surface area contributed by atoms with Crippen molar-refractivity contribution in [2.24, 2.45) is 5.92 Å². The van der Waals surface area contributed by atoms with Crippen LogP contribution >= 0.6 is 0 Å². The Kier molecular flexibility index (Phi) is 4.67. The lowest BCUT2D eigenvalue weighted by Crippen LogP contribution is -2.39. The minimum absolute atomic E-state index is 0.321. The Bertz CT molecular complexity index is 620. The number of benzene rings is 1. The largest absolute Gasteiger partial charge is 0.490 e. The second kappa shape index (κ2) is 6.69. The van der Waals surface area contributed by atoms with Crippen LogP contribution in [0.5, 0.6) is 5.75 Å². The van der Waals surface area contributed by atoms with E-state index in [1.165, 1.54) is 18.4 Å². The molecule has 0 amide bonds. The third-order valence-corrected chi connectivity index (χ3v) is 4.58. The SMILES string of the molecule is Cc1c(OC2CCCC(NCC(C)C)C2)ccc2[nH]ncc12. The summed E-state index contributed by atoms with van der Waals surface area (Å²) in [5, 5.41) is 12.0. The van der Waals surface area contributed by atoms with Crippen LogP contribution in [0.2, 0.25) is 0 Å². The van der Waals surface area contributed by atoms with Gasteiger partial charge in [-0.3, -0.25) is 5.10 Å². The van der Waals surface area contributed by atoms with Gasteiger partial charge in [-0.25, -0.2) is 0 Å². The smallest absolute Gasteiger partial charge is 0.123 e. The van der Waals surface area contributed by atoms with Gasteiger partial charge in [0.05, 0.1) is 11.7 Å². The van der Waals surface area contributed by atoms with Gasteiger partial charge < -0.3 is 10.1 Å². The van der Waals surface area contributed by atoms with Crippen molar-refractivity contribution in [1.29, 1.82) is 0 Å². The Hall–Kier alpha value is -1.55. The van der Waals surface area contributed by atoms with Crippen LogP contribution < -0.4 is 10.1 Å². The summed E-state index contributed by atoms with van der Waals surface area (Å²) in [6.45, 7) is 7.72. The predicted molar refractivity (Wildman–Crippen MR) is 90.3 cm³/mol. The summed E-state index contributed by atoms with van der Waals surface area (Å²) < 4.78 is 6.32. The average Bonchev–Trinajstić information content (AvgIpc) is 2.98. The van der Waals surface area contributed by atoms with Gasteiger partial charge in [0.1, 0.15) is 11.9 Å². The highest BCUT2D eigenvalue weighted by atomic mass is 16.5. The molecule has 4 heteroatoms. The number of fused-ring (bicyclic) bond motifs is 1. The lowest BCUT2D eigenvalue weighted by molar-refractivity contribution is 0.133. The maximum atomic E-state index is 6.32. The molecule has 1 saturated carbocycles. The van der Waals surface area contributed by atoms with E-state index >= 15 is 0 Å². The number of ether oxygens (including phenoxy) is 1. The minimum atomic E-state index is 0.321. The molecule has 1 aromatic heterocycles. The van der Waals surface area contributed by atoms with E-state index in [4.69, 9.17) is 4.74 Å². The van der Waals surface area contributed by atoms with E-state index in [1.54, 1.807) is 0 Å². The maximum absolute atomic E-state index is 6.32. The molecule has 1 heterocycles. The van der Waals surface area contributed by atoms with Crippen molar-refractivity contribution < 1.29 is 4.74 Å². The molecule has 1 aromatic carbocycles. The monoisotopic (exact) mass is 301 g/mol. The molecule has 2 N–H and O–H groups in total. The number of rotatable bonds is 5. The number of nitrogens with zero attached hydrogens (tertiary/aromatic N) is 1. The van der Waals surface area contributed by atoms with Crippen LogP contribution in [0, 0.1) is 12.8 Å². The number of H-pyrrole nitrogens is 1. The summed E-state index contributed by atoms with van der Waals surface area (Å²) in [5.41, 5.74) is 2.26. The number of aromatic amines is 1. The summed E-state index contributed by atoms with van der Waals surface area (Å²) in [4.78, 5) is 0. The van der Waals surface area contributed by atoms with E-state index in [-0.39, 0.29) is 0 Å². The predicted octanol–water partition coefficient (Wildman–Crippen LogP) is 3.81. The van der Waals surface area contributed by atoms with Crippen LogP contribution in [-0.4, -0.2) is 28.9 Å². The van der Waals surface area contributed by atoms with E-state index in [0.717, 1.165) is 36.0 Å². The number of nitrogens with one attached hydrogen (secondary N) is 2. The Labute approximate surface area is 132 Å². The first-order chi connectivity index (χ1) is 10.6. The van der Waals surface area contributed by atoms with Gasteiger partial charge in [-0.15, -0.1) is 0 Å². The van der Waals surface area contributed by atoms with Crippen molar-refractivity contribution in [1.82, 2.24) is 15.5 Å². The fraction of sp³-hybridized carbons (Fsp3) is 0.611. The van der Waals surface area contributed by atoms with Crippen molar-refractivity contribution in [2.75, 3.05) is 6.54 Å². The van der Waals surface area contributed by atoms with Crippen molar-refractivity contribution in [3.63, 3.8) is 0 Å². The number of hydrogen-bond donors (Lipinski definition) is 2. The molecule has 0 radical (unpaired) electrons. The van der Waals surface area contributed by atoms with Crippen LogP contribution in [-0.2, 0) is 0 Å². The number of aromatic nitrogens is 2. The zero-order valence-electron chi connectivity index (χ0n) is 13.9. The third kappa shape index (κ3) is 3.43. The summed E-state index contributed by atoms with van der Waals surface area (Å²) in [7, 11) is 0. The molecule has 4 nitrogen and oxygen atoms in total. The average molecular weight is 301 g/mol. The zero-order chi connectivity index (χ0) is 15.5. The summed E-state index contributed by atoms with van der Waals surface area (Å²) >= 11 is 0. The maximum Gasteiger partial charge on any atom is 0.123 e. The second-order valence-corrected chi connectivity index (χ2v) is 6.93. The van der Waals surface area contributed by atoms with Crippen LogP contribution in [0.1, 0.15) is 45.1 Å². The van der Waals surface area contributed by atoms with E-state index < -0.39 is 0 Å². The molecule has 0 saturated heterocycles. The fourth-order valence-electron chi connectivity index (χ4n) is 3.29. The van der Waals surface area contributed by atoms with Crippen molar-refractivity contribution >= 4 is 10.9 Å². The molecule has 0 aliphatic heterocycles. The first-order valence-electron chi connectivity index (χ1n) is 8.46. The van der Waals surface area contributed by atoms with Gasteiger partial charge in [-0.05, 0) is 57.2 Å². The van der Waals surface area contributed by atoms with Gasteiger partial charge in [0, 0.05) is 17.0 Å². The molecule has 1 fully saturated rings. The quantitative estimate of drug-likeness (QED) is 0.883.